The van der Waals surface area contributed by atoms with Gasteiger partial charge in [-0.1, -0.05) is 53.5 Å². The van der Waals surface area contributed by atoms with Crippen LogP contribution in [0, 0.1) is 17.8 Å². The minimum absolute atomic E-state index is 0.175. The highest BCUT2D eigenvalue weighted by Gasteiger charge is 2.43. The van der Waals surface area contributed by atoms with Crippen LogP contribution in [0.1, 0.15) is 65.7 Å². The van der Waals surface area contributed by atoms with Gasteiger partial charge in [0.15, 0.2) is 0 Å². The Balaban J connectivity index is 1.83. The van der Waals surface area contributed by atoms with Gasteiger partial charge in [0.1, 0.15) is 0 Å². The summed E-state index contributed by atoms with van der Waals surface area (Å²) < 4.78 is 5.12. The van der Waals surface area contributed by atoms with Crippen molar-refractivity contribution < 1.29 is 9.84 Å². The second-order valence-corrected chi connectivity index (χ2v) is 8.37. The molecule has 1 N–H and O–H groups in total. The number of unbranched alkanes of at least 4 members (excludes halogenated alkanes) is 2. The predicted octanol–water partition coefficient (Wildman–Crippen LogP) is 6.00. The van der Waals surface area contributed by atoms with E-state index < -0.39 is 0 Å². The van der Waals surface area contributed by atoms with Crippen LogP contribution in [0.3, 0.4) is 0 Å². The Kier molecular flexibility index (Phi) is 8.87. The maximum Gasteiger partial charge on any atom is 0.0611 e. The van der Waals surface area contributed by atoms with Crippen LogP contribution in [-0.4, -0.2) is 24.9 Å². The first-order valence-corrected chi connectivity index (χ1v) is 10.4. The molecule has 26 heavy (non-hydrogen) atoms. The molecule has 0 saturated heterocycles. The van der Waals surface area contributed by atoms with Crippen molar-refractivity contribution in [3.63, 3.8) is 0 Å². The summed E-state index contributed by atoms with van der Waals surface area (Å²) in [7, 11) is 1.78. The Morgan fingerprint density at radius 2 is 2.00 bits per heavy atom. The van der Waals surface area contributed by atoms with Gasteiger partial charge >= 0.3 is 0 Å². The molecule has 2 aliphatic rings. The van der Waals surface area contributed by atoms with Crippen LogP contribution in [0.5, 0.6) is 0 Å². The van der Waals surface area contributed by atoms with E-state index in [1.807, 2.05) is 0 Å². The van der Waals surface area contributed by atoms with E-state index in [-0.39, 0.29) is 6.10 Å². The summed E-state index contributed by atoms with van der Waals surface area (Å²) in [6.45, 7) is 7.31. The third kappa shape index (κ3) is 6.55. The Morgan fingerprint density at radius 3 is 2.73 bits per heavy atom. The summed E-state index contributed by atoms with van der Waals surface area (Å²) in [4.78, 5) is 0. The fraction of sp³-hybridized carbons (Fsp3) is 0.667. The molecule has 0 aromatic carbocycles. The molecule has 0 spiro atoms. The molecular weight excluding hydrogens is 320 g/mol. The maximum atomic E-state index is 10.5. The normalized spacial score (nSPS) is 28.5. The summed E-state index contributed by atoms with van der Waals surface area (Å²) in [6, 6.07) is 0. The van der Waals surface area contributed by atoms with Gasteiger partial charge in [-0.25, -0.2) is 0 Å². The zero-order valence-electron chi connectivity index (χ0n) is 17.2. The topological polar surface area (TPSA) is 29.5 Å². The van der Waals surface area contributed by atoms with Gasteiger partial charge in [-0.2, -0.15) is 0 Å². The molecule has 4 atom stereocenters. The molecule has 0 amide bonds. The maximum absolute atomic E-state index is 10.5. The van der Waals surface area contributed by atoms with Crippen molar-refractivity contribution in [2.75, 3.05) is 13.7 Å². The van der Waals surface area contributed by atoms with Gasteiger partial charge in [-0.3, -0.25) is 0 Å². The zero-order valence-corrected chi connectivity index (χ0v) is 17.2. The lowest BCUT2D eigenvalue weighted by molar-refractivity contribution is 0.141. The van der Waals surface area contributed by atoms with Gasteiger partial charge in [-0.15, -0.1) is 0 Å². The average Bonchev–Trinajstić information content (AvgIpc) is 3.09. The molecule has 2 nitrogen and oxygen atoms in total. The van der Waals surface area contributed by atoms with Crippen molar-refractivity contribution in [3.8, 4) is 0 Å². The van der Waals surface area contributed by atoms with Crippen molar-refractivity contribution in [3.05, 3.63) is 47.1 Å². The van der Waals surface area contributed by atoms with Gasteiger partial charge in [-0.05, 0) is 71.1 Å². The van der Waals surface area contributed by atoms with Gasteiger partial charge in [0.05, 0.1) is 6.10 Å². The number of rotatable bonds is 10. The van der Waals surface area contributed by atoms with Crippen LogP contribution in [0.25, 0.3) is 0 Å². The van der Waals surface area contributed by atoms with Crippen LogP contribution >= 0.6 is 0 Å². The summed E-state index contributed by atoms with van der Waals surface area (Å²) in [5.74, 6) is 1.51. The van der Waals surface area contributed by atoms with E-state index in [2.05, 4.69) is 51.2 Å². The summed E-state index contributed by atoms with van der Waals surface area (Å²) in [5.41, 5.74) is 4.28. The molecule has 0 aromatic heterocycles. The lowest BCUT2D eigenvalue weighted by Crippen LogP contribution is -2.17. The molecule has 0 aliphatic heterocycles. The van der Waals surface area contributed by atoms with Crippen LogP contribution < -0.4 is 0 Å². The van der Waals surface area contributed by atoms with E-state index in [4.69, 9.17) is 4.74 Å². The van der Waals surface area contributed by atoms with E-state index in [0.29, 0.717) is 17.8 Å². The largest absolute Gasteiger partial charge is 0.392 e. The van der Waals surface area contributed by atoms with Gasteiger partial charge < -0.3 is 9.84 Å². The van der Waals surface area contributed by atoms with E-state index in [1.165, 1.54) is 43.3 Å². The minimum atomic E-state index is -0.175. The van der Waals surface area contributed by atoms with Gasteiger partial charge in [0.2, 0.25) is 0 Å². The van der Waals surface area contributed by atoms with E-state index in [9.17, 15) is 5.11 Å². The second kappa shape index (κ2) is 10.9. The Morgan fingerprint density at radius 1 is 1.19 bits per heavy atom. The van der Waals surface area contributed by atoms with Crippen molar-refractivity contribution in [1.82, 2.24) is 0 Å². The molecule has 2 aliphatic carbocycles. The predicted molar refractivity (Wildman–Crippen MR) is 111 cm³/mol. The Hall–Kier alpha value is -1.12. The number of methoxy groups -OCH3 is 1. The third-order valence-electron chi connectivity index (χ3n) is 5.84. The number of allylic oxidation sites excluding steroid dienone is 7. The standard InChI is InChI=1S/C24H38O2/c1-18(2)9-8-10-19(3)12-13-22-23-16-20(11-6-5-7-14-26-4)15-21(23)17-24(22)25/h9-10,12-13,15,21-25H,5-8,11,14,16-17H2,1-4H3/b13-12+,19-10+/t21-,22+,23-,24+/m0/s1. The Labute approximate surface area is 160 Å². The highest BCUT2D eigenvalue weighted by atomic mass is 16.5. The molecular formula is C24H38O2. The molecule has 146 valence electrons. The molecule has 1 saturated carbocycles. The van der Waals surface area contributed by atoms with Crippen LogP contribution in [0.15, 0.2) is 47.1 Å². The summed E-state index contributed by atoms with van der Waals surface area (Å²) in [6.07, 6.45) is 19.3. The second-order valence-electron chi connectivity index (χ2n) is 8.37. The lowest BCUT2D eigenvalue weighted by atomic mass is 9.88. The lowest BCUT2D eigenvalue weighted by Gasteiger charge is -2.18. The van der Waals surface area contributed by atoms with Crippen molar-refractivity contribution in [1.29, 1.82) is 0 Å². The van der Waals surface area contributed by atoms with Crippen LogP contribution in [-0.2, 0) is 4.74 Å². The van der Waals surface area contributed by atoms with Gasteiger partial charge in [0.25, 0.3) is 0 Å². The Bertz CT molecular complexity index is 549. The first-order valence-electron chi connectivity index (χ1n) is 10.4. The van der Waals surface area contributed by atoms with E-state index >= 15 is 0 Å². The highest BCUT2D eigenvalue weighted by Crippen LogP contribution is 2.48. The van der Waals surface area contributed by atoms with Crippen molar-refractivity contribution in [2.45, 2.75) is 71.8 Å². The molecule has 0 radical (unpaired) electrons. The molecule has 0 unspecified atom stereocenters. The number of ether oxygens (including phenoxy) is 1. The molecule has 0 heterocycles. The molecule has 2 rings (SSSR count). The quantitative estimate of drug-likeness (QED) is 0.295. The zero-order chi connectivity index (χ0) is 18.9. The minimum Gasteiger partial charge on any atom is -0.392 e. The van der Waals surface area contributed by atoms with Crippen LogP contribution in [0.2, 0.25) is 0 Å². The summed E-state index contributed by atoms with van der Waals surface area (Å²) >= 11 is 0. The first-order chi connectivity index (χ1) is 12.5. The van der Waals surface area contributed by atoms with Crippen molar-refractivity contribution in [2.24, 2.45) is 17.8 Å². The molecule has 1 fully saturated rings. The fourth-order valence-corrected chi connectivity index (χ4v) is 4.38. The number of aliphatic hydroxyl groups excluding tert-OH is 1. The SMILES string of the molecule is COCCCCCC1=C[C@H]2C[C@@H](O)[C@H](/C=C/C(C)=C/CC=C(C)C)[C@H]2C1. The monoisotopic (exact) mass is 358 g/mol. The third-order valence-corrected chi connectivity index (χ3v) is 5.84. The molecule has 2 heteroatoms. The number of hydrogen-bond donors (Lipinski definition) is 1. The number of hydrogen-bond acceptors (Lipinski definition) is 2. The van der Waals surface area contributed by atoms with Crippen LogP contribution in [0.4, 0.5) is 0 Å². The molecule has 0 aromatic rings. The summed E-state index contributed by atoms with van der Waals surface area (Å²) in [5, 5.41) is 10.5. The first kappa shape index (κ1) is 21.2. The smallest absolute Gasteiger partial charge is 0.0611 e. The molecule has 0 bridgehead atoms. The fourth-order valence-electron chi connectivity index (χ4n) is 4.38. The number of aliphatic hydroxyl groups is 1. The average molecular weight is 359 g/mol. The number of fused-ring (bicyclic) bond motifs is 1. The van der Waals surface area contributed by atoms with Gasteiger partial charge in [0, 0.05) is 19.6 Å². The van der Waals surface area contributed by atoms with Crippen molar-refractivity contribution >= 4 is 0 Å². The van der Waals surface area contributed by atoms with E-state index in [0.717, 1.165) is 19.4 Å². The highest BCUT2D eigenvalue weighted by molar-refractivity contribution is 5.24. The van der Waals surface area contributed by atoms with E-state index in [1.54, 1.807) is 12.7 Å².